The van der Waals surface area contributed by atoms with Gasteiger partial charge in [0.05, 0.1) is 0 Å². The summed E-state index contributed by atoms with van der Waals surface area (Å²) in [6.45, 7) is 15.9. The summed E-state index contributed by atoms with van der Waals surface area (Å²) in [5, 5.41) is 0. The zero-order valence-corrected chi connectivity index (χ0v) is 11.6. The van der Waals surface area contributed by atoms with Crippen molar-refractivity contribution in [2.45, 2.75) is 80.6 Å². The first-order valence-electron chi connectivity index (χ1n) is 6.47. The summed E-state index contributed by atoms with van der Waals surface area (Å²) in [5.74, 6) is 0.986. The Morgan fingerprint density at radius 1 is 0.714 bits per heavy atom. The van der Waals surface area contributed by atoms with Crippen molar-refractivity contribution in [2.24, 2.45) is 11.3 Å². The fraction of sp³-hybridized carbons (Fsp3) is 1.00. The van der Waals surface area contributed by atoms with E-state index in [-0.39, 0.29) is 0 Å². The van der Waals surface area contributed by atoms with Gasteiger partial charge in [-0.25, -0.2) is 0 Å². The quantitative estimate of drug-likeness (QED) is 0.537. The summed E-state index contributed by atoms with van der Waals surface area (Å²) in [6, 6.07) is 0. The summed E-state index contributed by atoms with van der Waals surface area (Å²) in [7, 11) is 0. The Morgan fingerprint density at radius 3 is 1.00 bits per heavy atom. The highest BCUT2D eigenvalue weighted by molar-refractivity contribution is 4.61. The third-order valence-electron chi connectivity index (χ3n) is 3.65. The summed E-state index contributed by atoms with van der Waals surface area (Å²) in [5.41, 5.74) is 0.583. The molecular weight excluding hydrogens is 168 g/mol. The van der Waals surface area contributed by atoms with Crippen LogP contribution in [0.15, 0.2) is 0 Å². The fourth-order valence-corrected chi connectivity index (χ4v) is 1.12. The molecule has 14 heavy (non-hydrogen) atoms. The number of hydrogen-bond donors (Lipinski definition) is 0. The molecule has 0 amide bonds. The second-order valence-electron chi connectivity index (χ2n) is 4.96. The molecule has 0 aromatic heterocycles. The van der Waals surface area contributed by atoms with Gasteiger partial charge in [0.15, 0.2) is 0 Å². The molecule has 0 rings (SSSR count). The van der Waals surface area contributed by atoms with E-state index in [4.69, 9.17) is 0 Å². The van der Waals surface area contributed by atoms with Gasteiger partial charge in [-0.15, -0.1) is 0 Å². The molecule has 0 unspecified atom stereocenters. The van der Waals surface area contributed by atoms with E-state index < -0.39 is 0 Å². The van der Waals surface area contributed by atoms with Gasteiger partial charge < -0.3 is 0 Å². The largest absolute Gasteiger partial charge is 0.0651 e. The molecule has 0 bridgehead atoms. The van der Waals surface area contributed by atoms with Crippen molar-refractivity contribution < 1.29 is 0 Å². The Labute approximate surface area is 92.5 Å². The van der Waals surface area contributed by atoms with Crippen molar-refractivity contribution in [1.29, 1.82) is 0 Å². The van der Waals surface area contributed by atoms with E-state index in [1.165, 1.54) is 32.1 Å². The fourth-order valence-electron chi connectivity index (χ4n) is 1.12. The minimum atomic E-state index is 0.583. The van der Waals surface area contributed by atoms with Crippen LogP contribution in [-0.4, -0.2) is 0 Å². The molecule has 0 fully saturated rings. The third kappa shape index (κ3) is 10.1. The van der Waals surface area contributed by atoms with Gasteiger partial charge in [0, 0.05) is 0 Å². The molecule has 0 aromatic rings. The molecule has 0 N–H and O–H groups in total. The maximum absolute atomic E-state index is 2.30. The van der Waals surface area contributed by atoms with Crippen molar-refractivity contribution >= 4 is 0 Å². The highest BCUT2D eigenvalue weighted by Gasteiger charge is 2.09. The van der Waals surface area contributed by atoms with Crippen molar-refractivity contribution in [3.8, 4) is 0 Å². The van der Waals surface area contributed by atoms with E-state index in [0.717, 1.165) is 5.92 Å². The molecule has 0 aliphatic heterocycles. The summed E-state index contributed by atoms with van der Waals surface area (Å²) in [4.78, 5) is 0. The summed E-state index contributed by atoms with van der Waals surface area (Å²) >= 11 is 0. The average Bonchev–Trinajstić information content (AvgIpc) is 2.21. The minimum absolute atomic E-state index is 0.583. The molecule has 88 valence electrons. The molecule has 0 radical (unpaired) electrons. The Bertz CT molecular complexity index is 87.1. The molecule has 0 atom stereocenters. The van der Waals surface area contributed by atoms with E-state index in [1.54, 1.807) is 0 Å². The van der Waals surface area contributed by atoms with Gasteiger partial charge >= 0.3 is 0 Å². The zero-order chi connectivity index (χ0) is 11.6. The Balaban J connectivity index is 0. The monoisotopic (exact) mass is 200 g/mol. The van der Waals surface area contributed by atoms with E-state index >= 15 is 0 Å². The van der Waals surface area contributed by atoms with Crippen molar-refractivity contribution in [3.05, 3.63) is 0 Å². The predicted octanol–water partition coefficient (Wildman–Crippen LogP) is 5.67. The standard InChI is InChI=1S/2C7H16/c1-5-7(3,4)6-2;1-4-7(5-2)6-3/h5-6H2,1-4H3;7H,4-6H2,1-3H3. The highest BCUT2D eigenvalue weighted by atomic mass is 14.1. The zero-order valence-electron chi connectivity index (χ0n) is 11.6. The lowest BCUT2D eigenvalue weighted by Crippen LogP contribution is -2.05. The van der Waals surface area contributed by atoms with Crippen LogP contribution in [0.5, 0.6) is 0 Å². The second-order valence-corrected chi connectivity index (χ2v) is 4.96. The molecule has 0 heterocycles. The molecule has 0 saturated heterocycles. The van der Waals surface area contributed by atoms with Crippen molar-refractivity contribution in [3.63, 3.8) is 0 Å². The van der Waals surface area contributed by atoms with E-state index in [9.17, 15) is 0 Å². The van der Waals surface area contributed by atoms with Gasteiger partial charge in [0.1, 0.15) is 0 Å². The molecular formula is C14H32. The maximum atomic E-state index is 2.30. The van der Waals surface area contributed by atoms with Crippen LogP contribution in [-0.2, 0) is 0 Å². The normalized spacial score (nSPS) is 11.1. The second kappa shape index (κ2) is 9.55. The Morgan fingerprint density at radius 2 is 1.00 bits per heavy atom. The lowest BCUT2D eigenvalue weighted by atomic mass is 9.88. The smallest absolute Gasteiger partial charge is 0.0359 e. The van der Waals surface area contributed by atoms with Crippen LogP contribution in [0.2, 0.25) is 0 Å². The van der Waals surface area contributed by atoms with Gasteiger partial charge in [0.2, 0.25) is 0 Å². The first kappa shape index (κ1) is 16.4. The summed E-state index contributed by atoms with van der Waals surface area (Å²) < 4.78 is 0. The first-order chi connectivity index (χ1) is 6.47. The van der Waals surface area contributed by atoms with Gasteiger partial charge in [0.25, 0.3) is 0 Å². The summed E-state index contributed by atoms with van der Waals surface area (Å²) in [6.07, 6.45) is 6.65. The molecule has 0 heteroatoms. The maximum Gasteiger partial charge on any atom is -0.0359 e. The SMILES string of the molecule is CCC(C)(C)CC.CCC(CC)CC. The predicted molar refractivity (Wildman–Crippen MR) is 68.7 cm³/mol. The Kier molecular flexibility index (Phi) is 11.2. The Hall–Kier alpha value is 0. The lowest BCUT2D eigenvalue weighted by molar-refractivity contribution is 0.338. The van der Waals surface area contributed by atoms with E-state index in [2.05, 4.69) is 48.5 Å². The molecule has 0 aliphatic carbocycles. The van der Waals surface area contributed by atoms with Crippen LogP contribution in [0.4, 0.5) is 0 Å². The van der Waals surface area contributed by atoms with Gasteiger partial charge in [-0.1, -0.05) is 80.6 Å². The topological polar surface area (TPSA) is 0 Å². The molecule has 0 saturated carbocycles. The number of hydrogen-bond acceptors (Lipinski definition) is 0. The minimum Gasteiger partial charge on any atom is -0.0651 e. The third-order valence-corrected chi connectivity index (χ3v) is 3.65. The van der Waals surface area contributed by atoms with Crippen LogP contribution < -0.4 is 0 Å². The molecule has 0 nitrogen and oxygen atoms in total. The van der Waals surface area contributed by atoms with Gasteiger partial charge in [-0.3, -0.25) is 0 Å². The van der Waals surface area contributed by atoms with Gasteiger partial charge in [-0.05, 0) is 11.3 Å². The van der Waals surface area contributed by atoms with Crippen molar-refractivity contribution in [2.75, 3.05) is 0 Å². The van der Waals surface area contributed by atoms with E-state index in [1.807, 2.05) is 0 Å². The van der Waals surface area contributed by atoms with Crippen LogP contribution in [0.3, 0.4) is 0 Å². The van der Waals surface area contributed by atoms with Crippen molar-refractivity contribution in [1.82, 2.24) is 0 Å². The molecule has 0 aliphatic rings. The lowest BCUT2D eigenvalue weighted by Gasteiger charge is -2.18. The van der Waals surface area contributed by atoms with Crippen LogP contribution in [0.25, 0.3) is 0 Å². The van der Waals surface area contributed by atoms with Crippen LogP contribution in [0, 0.1) is 11.3 Å². The van der Waals surface area contributed by atoms with E-state index in [0.29, 0.717) is 5.41 Å². The van der Waals surface area contributed by atoms with Crippen LogP contribution in [0.1, 0.15) is 80.6 Å². The average molecular weight is 200 g/mol. The molecule has 0 aromatic carbocycles. The van der Waals surface area contributed by atoms with Crippen LogP contribution >= 0.6 is 0 Å². The molecule has 0 spiro atoms. The first-order valence-corrected chi connectivity index (χ1v) is 6.47. The number of rotatable bonds is 5. The highest BCUT2D eigenvalue weighted by Crippen LogP contribution is 2.22. The van der Waals surface area contributed by atoms with Gasteiger partial charge in [-0.2, -0.15) is 0 Å².